The molecule has 0 aromatic carbocycles. The first-order chi connectivity index (χ1) is 38.0. The number of hydrogen-bond donors (Lipinski definition) is 0. The molecule has 8 aliphatic rings. The zero-order chi connectivity index (χ0) is 54.6. The molecule has 8 rings (SSSR count). The van der Waals surface area contributed by atoms with Crippen LogP contribution in [0.1, 0.15) is 207 Å². The summed E-state index contributed by atoms with van der Waals surface area (Å²) in [5.74, 6) is 12.6. The van der Waals surface area contributed by atoms with Crippen molar-refractivity contribution in [2.75, 3.05) is 93.1 Å². The number of unbranched alkanes of at least 4 members (excludes halogenated alkanes) is 2. The summed E-state index contributed by atoms with van der Waals surface area (Å²) < 4.78 is 35.4. The number of ether oxygens (including phenoxy) is 6. The predicted octanol–water partition coefficient (Wildman–Crippen LogP) is 14.3. The number of nitrogens with zero attached hydrogens (tertiary/aromatic N) is 2. The zero-order valence-electron chi connectivity index (χ0n) is 50.8. The fourth-order valence-electron chi connectivity index (χ4n) is 17.7. The third-order valence-electron chi connectivity index (χ3n) is 21.8. The van der Waals surface area contributed by atoms with Gasteiger partial charge in [-0.3, -0.25) is 9.59 Å². The van der Waals surface area contributed by atoms with E-state index in [9.17, 15) is 9.59 Å². The van der Waals surface area contributed by atoms with Crippen molar-refractivity contribution in [1.82, 2.24) is 9.80 Å². The largest absolute Gasteiger partial charge is 0.466 e. The summed E-state index contributed by atoms with van der Waals surface area (Å²) >= 11 is 0. The van der Waals surface area contributed by atoms with Crippen LogP contribution < -0.4 is 0 Å². The van der Waals surface area contributed by atoms with Crippen molar-refractivity contribution in [2.45, 2.75) is 220 Å². The van der Waals surface area contributed by atoms with Crippen molar-refractivity contribution >= 4 is 11.9 Å². The maximum absolute atomic E-state index is 12.5. The molecule has 14 unspecified atom stereocenters. The van der Waals surface area contributed by atoms with E-state index in [1.54, 1.807) is 11.1 Å². The van der Waals surface area contributed by atoms with Crippen molar-refractivity contribution in [3.63, 3.8) is 0 Å². The van der Waals surface area contributed by atoms with Gasteiger partial charge in [-0.25, -0.2) is 0 Å². The van der Waals surface area contributed by atoms with Gasteiger partial charge in [0.1, 0.15) is 0 Å². The molecule has 0 aliphatic heterocycles. The maximum Gasteiger partial charge on any atom is 0.308 e. The Labute approximate surface area is 476 Å². The number of allylic oxidation sites excluding steroid dienone is 2. The molecule has 78 heavy (non-hydrogen) atoms. The number of hydrogen-bond acceptors (Lipinski definition) is 10. The van der Waals surface area contributed by atoms with Gasteiger partial charge in [0.25, 0.3) is 0 Å². The molecule has 446 valence electrons. The third-order valence-corrected chi connectivity index (χ3v) is 21.8. The van der Waals surface area contributed by atoms with Crippen molar-refractivity contribution in [3.8, 4) is 0 Å². The molecule has 0 heterocycles. The van der Waals surface area contributed by atoms with Crippen LogP contribution in [0.3, 0.4) is 0 Å². The van der Waals surface area contributed by atoms with Crippen LogP contribution in [0, 0.1) is 82.9 Å². The molecule has 6 fully saturated rings. The van der Waals surface area contributed by atoms with Gasteiger partial charge < -0.3 is 38.2 Å². The van der Waals surface area contributed by atoms with Crippen molar-refractivity contribution in [2.24, 2.45) is 82.9 Å². The first-order valence-corrected chi connectivity index (χ1v) is 33.4. The second kappa shape index (κ2) is 32.9. The molecule has 10 heteroatoms. The zero-order valence-corrected chi connectivity index (χ0v) is 50.8. The quantitative estimate of drug-likeness (QED) is 0.0347. The molecule has 0 radical (unpaired) electrons. The van der Waals surface area contributed by atoms with Gasteiger partial charge in [0.2, 0.25) is 0 Å². The summed E-state index contributed by atoms with van der Waals surface area (Å²) in [5, 5.41) is 0. The van der Waals surface area contributed by atoms with Gasteiger partial charge in [0.15, 0.2) is 0 Å². The van der Waals surface area contributed by atoms with Gasteiger partial charge in [-0.2, -0.15) is 0 Å². The lowest BCUT2D eigenvalue weighted by Gasteiger charge is -2.50. The second-order valence-electron chi connectivity index (χ2n) is 27.8. The average Bonchev–Trinajstić information content (AvgIpc) is 4.17. The summed E-state index contributed by atoms with van der Waals surface area (Å²) in [4.78, 5) is 29.5. The number of carbonyl (C=O) groups is 2. The summed E-state index contributed by atoms with van der Waals surface area (Å²) in [6.45, 7) is 17.0. The van der Waals surface area contributed by atoms with E-state index in [1.165, 1.54) is 128 Å². The highest BCUT2D eigenvalue weighted by Gasteiger charge is 2.51. The first kappa shape index (κ1) is 62.2. The van der Waals surface area contributed by atoms with Crippen LogP contribution in [-0.4, -0.2) is 127 Å². The van der Waals surface area contributed by atoms with E-state index in [1.807, 2.05) is 0 Å². The first-order valence-electron chi connectivity index (χ1n) is 33.4. The summed E-state index contributed by atoms with van der Waals surface area (Å²) in [5.41, 5.74) is 3.36. The van der Waals surface area contributed by atoms with Crippen LogP contribution in [0.5, 0.6) is 0 Å². The third kappa shape index (κ3) is 18.8. The van der Waals surface area contributed by atoms with Gasteiger partial charge in [-0.15, -0.1) is 0 Å². The van der Waals surface area contributed by atoms with E-state index in [4.69, 9.17) is 28.4 Å². The summed E-state index contributed by atoms with van der Waals surface area (Å²) in [6.07, 6.45) is 40.9. The van der Waals surface area contributed by atoms with Crippen LogP contribution in [0.2, 0.25) is 0 Å². The number of esters is 2. The normalized spacial score (nSPS) is 32.3. The second-order valence-corrected chi connectivity index (χ2v) is 27.8. The van der Waals surface area contributed by atoms with Crippen LogP contribution >= 0.6 is 0 Å². The predicted molar refractivity (Wildman–Crippen MR) is 315 cm³/mol. The van der Waals surface area contributed by atoms with E-state index in [0.717, 1.165) is 148 Å². The highest BCUT2D eigenvalue weighted by Crippen LogP contribution is 2.60. The fourth-order valence-corrected chi connectivity index (χ4v) is 17.7. The minimum atomic E-state index is -0.151. The van der Waals surface area contributed by atoms with Crippen molar-refractivity contribution < 1.29 is 38.0 Å². The number of fused-ring (bicyclic) bond motifs is 10. The highest BCUT2D eigenvalue weighted by molar-refractivity contribution is 5.69. The van der Waals surface area contributed by atoms with Gasteiger partial charge in [-0.05, 0) is 213 Å². The Morgan fingerprint density at radius 1 is 0.449 bits per heavy atom. The van der Waals surface area contributed by atoms with E-state index in [0.29, 0.717) is 65.7 Å². The summed E-state index contributed by atoms with van der Waals surface area (Å²) in [6, 6.07) is 0. The van der Waals surface area contributed by atoms with E-state index < -0.39 is 0 Å². The molecule has 0 bridgehead atoms. The standard InChI is InChI=1S/C68H116N2O8/c1-49(2)13-7-9-15-51-17-23-61-57(51)29-31-63-59-27-21-55(47-53(59)19-25-65(61)63)75-41-33-67(71)77-39-11-35-69(5)37-43-73-45-46-74-44-38-70(6)36-12-40-78-68(72)34-42-76-56-22-28-60-54(48-56)20-26-66-62-24-18-52(16-10-8-14-50(3)4)58(62)30-32-64(60)66/h19-20,49-52,55-66H,7-18,21-48H2,1-6H3. The van der Waals surface area contributed by atoms with Gasteiger partial charge in [0, 0.05) is 26.2 Å². The summed E-state index contributed by atoms with van der Waals surface area (Å²) in [7, 11) is 4.16. The number of carbonyl (C=O) groups excluding carboxylic acids is 2. The van der Waals surface area contributed by atoms with Crippen LogP contribution in [0.15, 0.2) is 23.3 Å². The molecular formula is C68H116N2O8. The molecule has 0 N–H and O–H groups in total. The van der Waals surface area contributed by atoms with Crippen molar-refractivity contribution in [1.29, 1.82) is 0 Å². The van der Waals surface area contributed by atoms with E-state index in [-0.39, 0.29) is 24.1 Å². The fraction of sp³-hybridized carbons (Fsp3) is 0.912. The topological polar surface area (TPSA) is 96.0 Å². The van der Waals surface area contributed by atoms with Gasteiger partial charge in [-0.1, -0.05) is 102 Å². The monoisotopic (exact) mass is 1090 g/mol. The Balaban J connectivity index is 0.560. The van der Waals surface area contributed by atoms with Crippen LogP contribution in [0.4, 0.5) is 0 Å². The maximum atomic E-state index is 12.5. The molecule has 0 aromatic rings. The lowest BCUT2D eigenvalue weighted by Crippen LogP contribution is -2.42. The lowest BCUT2D eigenvalue weighted by atomic mass is 9.56. The number of likely N-dealkylation sites (N-methyl/N-ethyl adjacent to an activating group) is 2. The molecule has 0 aromatic heterocycles. The van der Waals surface area contributed by atoms with E-state index >= 15 is 0 Å². The highest BCUT2D eigenvalue weighted by atomic mass is 16.5. The molecule has 0 saturated heterocycles. The Morgan fingerprint density at radius 2 is 0.872 bits per heavy atom. The molecule has 14 atom stereocenters. The lowest BCUT2D eigenvalue weighted by molar-refractivity contribution is -0.146. The molecular weight excluding hydrogens is 973 g/mol. The molecule has 10 nitrogen and oxygen atoms in total. The molecule has 0 spiro atoms. The van der Waals surface area contributed by atoms with Crippen LogP contribution in [0.25, 0.3) is 0 Å². The van der Waals surface area contributed by atoms with Gasteiger partial charge >= 0.3 is 11.9 Å². The minimum absolute atomic E-state index is 0.151. The Hall–Kier alpha value is -1.82. The molecule has 6 saturated carbocycles. The number of rotatable bonds is 35. The Kier molecular flexibility index (Phi) is 26.2. The Bertz CT molecular complexity index is 1690. The minimum Gasteiger partial charge on any atom is -0.466 e. The van der Waals surface area contributed by atoms with Crippen molar-refractivity contribution in [3.05, 3.63) is 23.3 Å². The SMILES string of the molecule is CC(C)CCCCC1CCC2C1CCC1C3CCC(OCCC(=O)OCCCN(C)CCOCCOCCN(C)CCCOC(=O)CCOC4CCC5C(=CCC6C5CCC5C(CCCCC(C)C)CCC56)C4)CC3=CCC12. The molecule has 8 aliphatic carbocycles. The van der Waals surface area contributed by atoms with Gasteiger partial charge in [0.05, 0.1) is 77.9 Å². The Morgan fingerprint density at radius 3 is 1.31 bits per heavy atom. The molecule has 0 amide bonds. The van der Waals surface area contributed by atoms with E-state index in [2.05, 4.69) is 63.7 Å². The smallest absolute Gasteiger partial charge is 0.308 e. The average molecular weight is 1090 g/mol. The van der Waals surface area contributed by atoms with Crippen LogP contribution in [-0.2, 0) is 38.0 Å².